The number of para-hydroxylation sites is 1. The summed E-state index contributed by atoms with van der Waals surface area (Å²) in [7, 11) is 1.97. The normalized spacial score (nSPS) is 10.6. The molecule has 2 N–H and O–H groups in total. The molecular weight excluding hydrogens is 210 g/mol. The summed E-state index contributed by atoms with van der Waals surface area (Å²) in [4.78, 5) is 6.59. The highest BCUT2D eigenvalue weighted by Gasteiger charge is 2.04. The quantitative estimate of drug-likeness (QED) is 0.811. The third kappa shape index (κ3) is 2.55. The Balaban J connectivity index is 2.34. The average Bonchev–Trinajstić information content (AvgIpc) is 2.29. The first-order valence-electron chi connectivity index (χ1n) is 5.47. The van der Waals surface area contributed by atoms with Crippen molar-refractivity contribution in [3.05, 3.63) is 36.0 Å². The Labute approximate surface area is 101 Å². The number of nitrogens with two attached hydrogens (primary N) is 1. The molecule has 0 radical (unpaired) electrons. The van der Waals surface area contributed by atoms with Gasteiger partial charge in [-0.15, -0.1) is 6.42 Å². The van der Waals surface area contributed by atoms with Gasteiger partial charge in [0.1, 0.15) is 0 Å². The molecule has 0 atom stereocenters. The van der Waals surface area contributed by atoms with Crippen molar-refractivity contribution in [1.82, 2.24) is 9.88 Å². The lowest BCUT2D eigenvalue weighted by molar-refractivity contribution is 0.365. The number of rotatable bonds is 3. The van der Waals surface area contributed by atoms with Gasteiger partial charge in [-0.1, -0.05) is 24.1 Å². The van der Waals surface area contributed by atoms with Crippen LogP contribution in [-0.4, -0.2) is 23.5 Å². The minimum atomic E-state index is 0.606. The predicted octanol–water partition coefficient (Wildman–Crippen LogP) is 1.88. The van der Waals surface area contributed by atoms with Crippen molar-refractivity contribution in [2.75, 3.05) is 19.3 Å². The van der Waals surface area contributed by atoms with Gasteiger partial charge in [0.05, 0.1) is 17.8 Å². The van der Waals surface area contributed by atoms with Crippen LogP contribution in [0.3, 0.4) is 0 Å². The maximum Gasteiger partial charge on any atom is 0.0726 e. The molecule has 0 amide bonds. The van der Waals surface area contributed by atoms with E-state index >= 15 is 0 Å². The van der Waals surface area contributed by atoms with Crippen LogP contribution in [0.5, 0.6) is 0 Å². The lowest BCUT2D eigenvalue weighted by atomic mass is 10.1. The predicted molar refractivity (Wildman–Crippen MR) is 71.3 cm³/mol. The highest BCUT2D eigenvalue weighted by molar-refractivity contribution is 5.90. The van der Waals surface area contributed by atoms with Gasteiger partial charge < -0.3 is 5.73 Å². The van der Waals surface area contributed by atoms with Gasteiger partial charge >= 0.3 is 0 Å². The molecule has 0 saturated carbocycles. The van der Waals surface area contributed by atoms with Gasteiger partial charge in [0, 0.05) is 17.6 Å². The molecule has 3 heteroatoms. The van der Waals surface area contributed by atoms with E-state index in [0.29, 0.717) is 13.1 Å². The smallest absolute Gasteiger partial charge is 0.0726 e. The van der Waals surface area contributed by atoms with Crippen LogP contribution in [-0.2, 0) is 6.54 Å². The van der Waals surface area contributed by atoms with E-state index in [9.17, 15) is 0 Å². The molecule has 0 aliphatic heterocycles. The molecule has 2 rings (SSSR count). The third-order valence-corrected chi connectivity index (χ3v) is 2.59. The van der Waals surface area contributed by atoms with Crippen molar-refractivity contribution >= 4 is 16.6 Å². The second-order valence-electron chi connectivity index (χ2n) is 4.10. The van der Waals surface area contributed by atoms with Crippen LogP contribution in [0, 0.1) is 12.3 Å². The van der Waals surface area contributed by atoms with Crippen molar-refractivity contribution in [3.63, 3.8) is 0 Å². The molecular formula is C14H15N3. The first-order valence-corrected chi connectivity index (χ1v) is 5.47. The Bertz CT molecular complexity index is 569. The lowest BCUT2D eigenvalue weighted by Gasteiger charge is -2.13. The molecule has 1 heterocycles. The van der Waals surface area contributed by atoms with Gasteiger partial charge in [-0.3, -0.25) is 9.88 Å². The Hall–Kier alpha value is -2.05. The molecule has 0 aliphatic rings. The Morgan fingerprint density at radius 2 is 2.18 bits per heavy atom. The minimum absolute atomic E-state index is 0.606. The minimum Gasteiger partial charge on any atom is -0.398 e. The summed E-state index contributed by atoms with van der Waals surface area (Å²) in [5.41, 5.74) is 8.64. The molecule has 1 aromatic carbocycles. The highest BCUT2D eigenvalue weighted by atomic mass is 15.1. The van der Waals surface area contributed by atoms with Crippen LogP contribution in [0.25, 0.3) is 10.9 Å². The van der Waals surface area contributed by atoms with Crippen LogP contribution in [0.1, 0.15) is 5.69 Å². The van der Waals surface area contributed by atoms with E-state index in [1.165, 1.54) is 0 Å². The van der Waals surface area contributed by atoms with E-state index in [1.54, 1.807) is 0 Å². The SMILES string of the molecule is C#CCN(C)Cc1cc(N)c2ccccc2n1. The van der Waals surface area contributed by atoms with Gasteiger partial charge in [-0.2, -0.15) is 0 Å². The fourth-order valence-corrected chi connectivity index (χ4v) is 1.83. The van der Waals surface area contributed by atoms with Crippen LogP contribution in [0.4, 0.5) is 5.69 Å². The molecule has 86 valence electrons. The number of pyridine rings is 1. The average molecular weight is 225 g/mol. The molecule has 0 saturated heterocycles. The zero-order valence-electron chi connectivity index (χ0n) is 9.85. The standard InChI is InChI=1S/C14H15N3/c1-3-8-17(2)10-11-9-13(15)12-6-4-5-7-14(12)16-11/h1,4-7,9H,8,10H2,2H3,(H2,15,16). The summed E-state index contributed by atoms with van der Waals surface area (Å²) in [5.74, 6) is 2.61. The second-order valence-corrected chi connectivity index (χ2v) is 4.10. The number of aromatic nitrogens is 1. The largest absolute Gasteiger partial charge is 0.398 e. The molecule has 0 unspecified atom stereocenters. The molecule has 3 nitrogen and oxygen atoms in total. The van der Waals surface area contributed by atoms with Gasteiger partial charge in [0.15, 0.2) is 0 Å². The Morgan fingerprint density at radius 3 is 2.94 bits per heavy atom. The van der Waals surface area contributed by atoms with Crippen molar-refractivity contribution < 1.29 is 0 Å². The number of fused-ring (bicyclic) bond motifs is 1. The fourth-order valence-electron chi connectivity index (χ4n) is 1.83. The number of terminal acetylenes is 1. The van der Waals surface area contributed by atoms with E-state index in [-0.39, 0.29) is 0 Å². The van der Waals surface area contributed by atoms with E-state index < -0.39 is 0 Å². The number of anilines is 1. The summed E-state index contributed by atoms with van der Waals surface area (Å²) >= 11 is 0. The fraction of sp³-hybridized carbons (Fsp3) is 0.214. The summed E-state index contributed by atoms with van der Waals surface area (Å²) in [6.07, 6.45) is 5.27. The van der Waals surface area contributed by atoms with Gasteiger partial charge in [0.2, 0.25) is 0 Å². The van der Waals surface area contributed by atoms with E-state index in [0.717, 1.165) is 22.3 Å². The van der Waals surface area contributed by atoms with Gasteiger partial charge in [0.25, 0.3) is 0 Å². The van der Waals surface area contributed by atoms with E-state index in [2.05, 4.69) is 10.9 Å². The monoisotopic (exact) mass is 225 g/mol. The molecule has 0 fully saturated rings. The summed E-state index contributed by atoms with van der Waals surface area (Å²) in [6.45, 7) is 1.31. The van der Waals surface area contributed by atoms with E-state index in [4.69, 9.17) is 12.2 Å². The van der Waals surface area contributed by atoms with Crippen LogP contribution >= 0.6 is 0 Å². The molecule has 0 aliphatic carbocycles. The lowest BCUT2D eigenvalue weighted by Crippen LogP contribution is -2.18. The first kappa shape index (κ1) is 11.4. The van der Waals surface area contributed by atoms with Crippen molar-refractivity contribution in [3.8, 4) is 12.3 Å². The van der Waals surface area contributed by atoms with Gasteiger partial charge in [-0.25, -0.2) is 0 Å². The van der Waals surface area contributed by atoms with Crippen molar-refractivity contribution in [2.45, 2.75) is 6.54 Å². The third-order valence-electron chi connectivity index (χ3n) is 2.59. The zero-order chi connectivity index (χ0) is 12.3. The van der Waals surface area contributed by atoms with Crippen LogP contribution < -0.4 is 5.73 Å². The van der Waals surface area contributed by atoms with Crippen molar-refractivity contribution in [2.24, 2.45) is 0 Å². The van der Waals surface area contributed by atoms with Crippen LogP contribution in [0.15, 0.2) is 30.3 Å². The Kier molecular flexibility index (Phi) is 3.27. The molecule has 17 heavy (non-hydrogen) atoms. The number of hydrogen-bond acceptors (Lipinski definition) is 3. The summed E-state index contributed by atoms with van der Waals surface area (Å²) < 4.78 is 0. The molecule has 2 aromatic rings. The van der Waals surface area contributed by atoms with E-state index in [1.807, 2.05) is 42.3 Å². The first-order chi connectivity index (χ1) is 8.20. The maximum absolute atomic E-state index is 6.01. The topological polar surface area (TPSA) is 42.1 Å². The van der Waals surface area contributed by atoms with Crippen molar-refractivity contribution in [1.29, 1.82) is 0 Å². The molecule has 0 bridgehead atoms. The number of nitrogens with zero attached hydrogens (tertiary/aromatic N) is 2. The summed E-state index contributed by atoms with van der Waals surface area (Å²) in [6, 6.07) is 9.78. The maximum atomic E-state index is 6.01. The zero-order valence-corrected chi connectivity index (χ0v) is 9.85. The summed E-state index contributed by atoms with van der Waals surface area (Å²) in [5, 5.41) is 0.996. The Morgan fingerprint density at radius 1 is 1.41 bits per heavy atom. The van der Waals surface area contributed by atoms with Crippen LogP contribution in [0.2, 0.25) is 0 Å². The number of benzene rings is 1. The second kappa shape index (κ2) is 4.86. The number of nitrogen functional groups attached to an aromatic ring is 1. The molecule has 0 spiro atoms. The highest BCUT2D eigenvalue weighted by Crippen LogP contribution is 2.20. The number of hydrogen-bond donors (Lipinski definition) is 1. The van der Waals surface area contributed by atoms with Gasteiger partial charge in [-0.05, 0) is 19.2 Å². The molecule has 1 aromatic heterocycles.